The second-order valence-electron chi connectivity index (χ2n) is 6.68. The Bertz CT molecular complexity index is 347. The third-order valence-electron chi connectivity index (χ3n) is 4.01. The normalized spacial score (nSPS) is 13.6. The first kappa shape index (κ1) is 15.7. The number of nitrogens with zero attached hydrogens (tertiary/aromatic N) is 1. The van der Waals surface area contributed by atoms with E-state index in [1.54, 1.807) is 0 Å². The van der Waals surface area contributed by atoms with Crippen molar-refractivity contribution in [1.82, 2.24) is 4.90 Å². The maximum atomic E-state index is 6.31. The van der Waals surface area contributed by atoms with Crippen LogP contribution in [0.15, 0.2) is 17.5 Å². The number of nitrogens with two attached hydrogens (primary N) is 1. The first-order chi connectivity index (χ1) is 8.13. The van der Waals surface area contributed by atoms with Crippen LogP contribution in [0.5, 0.6) is 0 Å². The monoisotopic (exact) mass is 268 g/mol. The maximum Gasteiger partial charge on any atom is 0.0330 e. The molecule has 18 heavy (non-hydrogen) atoms. The zero-order chi connectivity index (χ0) is 14.0. The molecule has 0 unspecified atom stereocenters. The highest BCUT2D eigenvalue weighted by atomic mass is 32.1. The Morgan fingerprint density at radius 2 is 1.89 bits per heavy atom. The van der Waals surface area contributed by atoms with E-state index in [9.17, 15) is 0 Å². The van der Waals surface area contributed by atoms with Crippen LogP contribution in [0.2, 0.25) is 0 Å². The standard InChI is InChI=1S/C15H28N2S/c1-12(2)17(10-13-8-7-9-18-13)11-14(3,4)15(5,6)16/h7-9,12H,10-11,16H2,1-6H3. The lowest BCUT2D eigenvalue weighted by atomic mass is 9.74. The Balaban J connectivity index is 2.75. The molecule has 0 saturated heterocycles. The summed E-state index contributed by atoms with van der Waals surface area (Å²) < 4.78 is 0. The van der Waals surface area contributed by atoms with Gasteiger partial charge in [-0.1, -0.05) is 19.9 Å². The summed E-state index contributed by atoms with van der Waals surface area (Å²) >= 11 is 1.83. The third kappa shape index (κ3) is 4.08. The van der Waals surface area contributed by atoms with Gasteiger partial charge in [0.1, 0.15) is 0 Å². The van der Waals surface area contributed by atoms with Crippen molar-refractivity contribution in [2.45, 2.75) is 59.7 Å². The highest BCUT2D eigenvalue weighted by Gasteiger charge is 2.35. The van der Waals surface area contributed by atoms with Gasteiger partial charge in [0.05, 0.1) is 0 Å². The van der Waals surface area contributed by atoms with Crippen molar-refractivity contribution in [3.8, 4) is 0 Å². The molecular weight excluding hydrogens is 240 g/mol. The van der Waals surface area contributed by atoms with Gasteiger partial charge in [-0.15, -0.1) is 11.3 Å². The molecular formula is C15H28N2S. The zero-order valence-corrected chi connectivity index (χ0v) is 13.5. The van der Waals surface area contributed by atoms with Crippen molar-refractivity contribution >= 4 is 11.3 Å². The van der Waals surface area contributed by atoms with Gasteiger partial charge < -0.3 is 5.73 Å². The van der Waals surface area contributed by atoms with Crippen molar-refractivity contribution in [3.05, 3.63) is 22.4 Å². The van der Waals surface area contributed by atoms with Gasteiger partial charge in [0.15, 0.2) is 0 Å². The SMILES string of the molecule is CC(C)N(Cc1cccs1)CC(C)(C)C(C)(C)N. The molecule has 1 aromatic heterocycles. The van der Waals surface area contributed by atoms with E-state index >= 15 is 0 Å². The Hall–Kier alpha value is -0.380. The van der Waals surface area contributed by atoms with Crippen LogP contribution in [0.1, 0.15) is 46.4 Å². The van der Waals surface area contributed by atoms with E-state index in [2.05, 4.69) is 64.0 Å². The number of rotatable bonds is 6. The van der Waals surface area contributed by atoms with Crippen LogP contribution in [0, 0.1) is 5.41 Å². The van der Waals surface area contributed by atoms with Gasteiger partial charge in [-0.05, 0) is 44.6 Å². The first-order valence-electron chi connectivity index (χ1n) is 6.69. The second kappa shape index (κ2) is 5.72. The minimum Gasteiger partial charge on any atom is -0.325 e. The predicted octanol–water partition coefficient (Wildman–Crippen LogP) is 3.72. The van der Waals surface area contributed by atoms with E-state index in [4.69, 9.17) is 5.73 Å². The molecule has 0 aliphatic carbocycles. The molecule has 1 heterocycles. The first-order valence-corrected chi connectivity index (χ1v) is 7.57. The molecule has 2 nitrogen and oxygen atoms in total. The van der Waals surface area contributed by atoms with Crippen LogP contribution in [0.4, 0.5) is 0 Å². The van der Waals surface area contributed by atoms with Crippen molar-refractivity contribution in [3.63, 3.8) is 0 Å². The summed E-state index contributed by atoms with van der Waals surface area (Å²) in [5.74, 6) is 0. The average molecular weight is 268 g/mol. The van der Waals surface area contributed by atoms with E-state index in [0.29, 0.717) is 6.04 Å². The molecule has 0 aliphatic rings. The summed E-state index contributed by atoms with van der Waals surface area (Å²) in [4.78, 5) is 3.94. The minimum absolute atomic E-state index is 0.0918. The molecule has 0 saturated carbocycles. The summed E-state index contributed by atoms with van der Waals surface area (Å²) in [7, 11) is 0. The van der Waals surface area contributed by atoms with Crippen LogP contribution in [-0.4, -0.2) is 23.0 Å². The lowest BCUT2D eigenvalue weighted by Crippen LogP contribution is -2.53. The molecule has 0 atom stereocenters. The number of hydrogen-bond donors (Lipinski definition) is 1. The van der Waals surface area contributed by atoms with Gasteiger partial charge in [-0.25, -0.2) is 0 Å². The van der Waals surface area contributed by atoms with E-state index in [-0.39, 0.29) is 11.0 Å². The molecule has 2 N–H and O–H groups in total. The van der Waals surface area contributed by atoms with E-state index in [0.717, 1.165) is 13.1 Å². The number of thiophene rings is 1. The van der Waals surface area contributed by atoms with Gasteiger partial charge in [0.2, 0.25) is 0 Å². The van der Waals surface area contributed by atoms with Crippen LogP contribution >= 0.6 is 11.3 Å². The summed E-state index contributed by atoms with van der Waals surface area (Å²) in [6.45, 7) is 15.3. The zero-order valence-electron chi connectivity index (χ0n) is 12.7. The molecule has 0 aliphatic heterocycles. The molecule has 0 amide bonds. The molecule has 104 valence electrons. The highest BCUT2D eigenvalue weighted by molar-refractivity contribution is 7.09. The van der Waals surface area contributed by atoms with Gasteiger partial charge >= 0.3 is 0 Å². The van der Waals surface area contributed by atoms with E-state index in [1.165, 1.54) is 4.88 Å². The summed E-state index contributed by atoms with van der Waals surface area (Å²) in [5, 5.41) is 2.14. The van der Waals surface area contributed by atoms with Crippen LogP contribution in [0.3, 0.4) is 0 Å². The molecule has 0 fully saturated rings. The molecule has 0 aromatic carbocycles. The van der Waals surface area contributed by atoms with Crippen molar-refractivity contribution in [2.24, 2.45) is 11.1 Å². The predicted molar refractivity (Wildman–Crippen MR) is 81.9 cm³/mol. The largest absolute Gasteiger partial charge is 0.325 e. The van der Waals surface area contributed by atoms with Gasteiger partial charge in [0.25, 0.3) is 0 Å². The smallest absolute Gasteiger partial charge is 0.0330 e. The Labute approximate surface area is 116 Å². The molecule has 3 heteroatoms. The van der Waals surface area contributed by atoms with Gasteiger partial charge in [-0.3, -0.25) is 4.90 Å². The quantitative estimate of drug-likeness (QED) is 0.852. The lowest BCUT2D eigenvalue weighted by molar-refractivity contribution is 0.0880. The van der Waals surface area contributed by atoms with Crippen molar-refractivity contribution in [1.29, 1.82) is 0 Å². The topological polar surface area (TPSA) is 29.3 Å². The summed E-state index contributed by atoms with van der Waals surface area (Å²) in [6, 6.07) is 4.87. The molecule has 0 radical (unpaired) electrons. The van der Waals surface area contributed by atoms with E-state index in [1.807, 2.05) is 11.3 Å². The minimum atomic E-state index is -0.171. The molecule has 0 spiro atoms. The number of hydrogen-bond acceptors (Lipinski definition) is 3. The van der Waals surface area contributed by atoms with Crippen LogP contribution < -0.4 is 5.73 Å². The lowest BCUT2D eigenvalue weighted by Gasteiger charge is -2.43. The maximum absolute atomic E-state index is 6.31. The Kier molecular flexibility index (Phi) is 4.98. The second-order valence-corrected chi connectivity index (χ2v) is 7.72. The highest BCUT2D eigenvalue weighted by Crippen LogP contribution is 2.30. The fraction of sp³-hybridized carbons (Fsp3) is 0.733. The van der Waals surface area contributed by atoms with Crippen molar-refractivity contribution < 1.29 is 0 Å². The van der Waals surface area contributed by atoms with Gasteiger partial charge in [0, 0.05) is 29.5 Å². The van der Waals surface area contributed by atoms with Crippen molar-refractivity contribution in [2.75, 3.05) is 6.54 Å². The average Bonchev–Trinajstić information content (AvgIpc) is 2.67. The van der Waals surface area contributed by atoms with E-state index < -0.39 is 0 Å². The van der Waals surface area contributed by atoms with Crippen LogP contribution in [0.25, 0.3) is 0 Å². The van der Waals surface area contributed by atoms with Gasteiger partial charge in [-0.2, -0.15) is 0 Å². The van der Waals surface area contributed by atoms with Crippen LogP contribution in [-0.2, 0) is 6.54 Å². The molecule has 1 rings (SSSR count). The Morgan fingerprint density at radius 1 is 1.28 bits per heavy atom. The Morgan fingerprint density at radius 3 is 2.28 bits per heavy atom. The fourth-order valence-corrected chi connectivity index (χ4v) is 2.46. The third-order valence-corrected chi connectivity index (χ3v) is 4.87. The fourth-order valence-electron chi connectivity index (χ4n) is 1.74. The molecule has 1 aromatic rings. The molecule has 0 bridgehead atoms. The summed E-state index contributed by atoms with van der Waals surface area (Å²) in [5.41, 5.74) is 6.23. The summed E-state index contributed by atoms with van der Waals surface area (Å²) in [6.07, 6.45) is 0.